The summed E-state index contributed by atoms with van der Waals surface area (Å²) >= 11 is 0. The minimum atomic E-state index is -4.32. The normalized spacial score (nSPS) is 13.7. The zero-order chi connectivity index (χ0) is 52.0. The molecule has 3 atom stereocenters. The van der Waals surface area contributed by atoms with Crippen molar-refractivity contribution in [1.82, 2.24) is 5.32 Å². The predicted molar refractivity (Wildman–Crippen MR) is 309 cm³/mol. The van der Waals surface area contributed by atoms with Crippen LogP contribution in [0.3, 0.4) is 0 Å². The van der Waals surface area contributed by atoms with Gasteiger partial charge in [0.15, 0.2) is 0 Å². The number of phosphoric ester groups is 1. The molecule has 0 spiro atoms. The van der Waals surface area contributed by atoms with Gasteiger partial charge in [-0.25, -0.2) is 4.57 Å². The largest absolute Gasteiger partial charge is 0.472 e. The highest BCUT2D eigenvalue weighted by Gasteiger charge is 2.28. The van der Waals surface area contributed by atoms with Crippen LogP contribution in [0.2, 0.25) is 0 Å². The molecule has 0 saturated heterocycles. The van der Waals surface area contributed by atoms with Gasteiger partial charge in [0.2, 0.25) is 5.91 Å². The van der Waals surface area contributed by atoms with Gasteiger partial charge in [-0.2, -0.15) is 0 Å². The Morgan fingerprint density at radius 2 is 0.676 bits per heavy atom. The van der Waals surface area contributed by atoms with Crippen LogP contribution in [-0.4, -0.2) is 73.4 Å². The zero-order valence-corrected chi connectivity index (χ0v) is 49.7. The Hall–Kier alpha value is -0.500. The van der Waals surface area contributed by atoms with E-state index in [-0.39, 0.29) is 19.1 Å². The molecule has 0 fully saturated rings. The summed E-state index contributed by atoms with van der Waals surface area (Å²) < 4.78 is 23.8. The molecule has 426 valence electrons. The van der Waals surface area contributed by atoms with Gasteiger partial charge in [0, 0.05) is 6.42 Å². The number of unbranched alkanes of at least 4 members (excludes halogenated alkanes) is 47. The van der Waals surface area contributed by atoms with Crippen molar-refractivity contribution in [3.63, 3.8) is 0 Å². The van der Waals surface area contributed by atoms with Gasteiger partial charge in [-0.05, 0) is 12.8 Å². The molecule has 1 unspecified atom stereocenters. The van der Waals surface area contributed by atoms with Crippen molar-refractivity contribution in [2.24, 2.45) is 0 Å². The standard InChI is InChI=1S/C62H127N2O6P/c1-6-8-10-12-14-16-18-20-22-24-25-26-27-28-29-30-31-32-33-34-35-36-37-38-40-42-44-46-48-50-52-54-56-62(66)63-60(59-70-71(67,68)69-58-57-64(3,4)5)61(65)55-53-51-49-47-45-43-41-39-23-21-19-17-15-13-11-9-7-2/h60-61,65H,6-59H2,1-5H3,(H-,63,66,67,68)/p+1/t60-,61+/m0/s1. The van der Waals surface area contributed by atoms with Gasteiger partial charge in [-0.3, -0.25) is 13.8 Å². The maximum absolute atomic E-state index is 13.0. The molecule has 0 aliphatic heterocycles. The van der Waals surface area contributed by atoms with E-state index in [2.05, 4.69) is 19.2 Å². The van der Waals surface area contributed by atoms with Gasteiger partial charge >= 0.3 is 7.82 Å². The fraction of sp³-hybridized carbons (Fsp3) is 0.984. The highest BCUT2D eigenvalue weighted by atomic mass is 31.2. The maximum atomic E-state index is 13.0. The second-order valence-electron chi connectivity index (χ2n) is 23.5. The lowest BCUT2D eigenvalue weighted by molar-refractivity contribution is -0.870. The molecular weight excluding hydrogens is 900 g/mol. The summed E-state index contributed by atoms with van der Waals surface area (Å²) in [4.78, 5) is 23.4. The van der Waals surface area contributed by atoms with Gasteiger partial charge in [-0.1, -0.05) is 322 Å². The minimum Gasteiger partial charge on any atom is -0.391 e. The Kier molecular flexibility index (Phi) is 53.9. The number of likely N-dealkylation sites (N-methyl/N-ethyl adjacent to an activating group) is 1. The molecule has 0 aromatic heterocycles. The molecular formula is C62H128N2O6P+. The molecule has 0 bridgehead atoms. The number of hydrogen-bond acceptors (Lipinski definition) is 5. The summed E-state index contributed by atoms with van der Waals surface area (Å²) in [7, 11) is 1.64. The molecule has 3 N–H and O–H groups in total. The van der Waals surface area contributed by atoms with E-state index in [1.165, 1.54) is 276 Å². The van der Waals surface area contributed by atoms with Crippen LogP contribution in [0.15, 0.2) is 0 Å². The van der Waals surface area contributed by atoms with E-state index in [1.807, 2.05) is 21.1 Å². The van der Waals surface area contributed by atoms with Crippen molar-refractivity contribution in [2.45, 2.75) is 353 Å². The van der Waals surface area contributed by atoms with Gasteiger partial charge in [0.1, 0.15) is 13.2 Å². The fourth-order valence-corrected chi connectivity index (χ4v) is 10.8. The summed E-state index contributed by atoms with van der Waals surface area (Å²) in [5, 5.41) is 14.1. The van der Waals surface area contributed by atoms with Crippen molar-refractivity contribution in [1.29, 1.82) is 0 Å². The third-order valence-electron chi connectivity index (χ3n) is 15.1. The molecule has 71 heavy (non-hydrogen) atoms. The lowest BCUT2D eigenvalue weighted by atomic mass is 10.0. The Balaban J connectivity index is 3.96. The third kappa shape index (κ3) is 57.1. The summed E-state index contributed by atoms with van der Waals surface area (Å²) in [5.41, 5.74) is 0. The maximum Gasteiger partial charge on any atom is 0.472 e. The number of aliphatic hydroxyl groups excluding tert-OH is 1. The number of hydrogen-bond donors (Lipinski definition) is 3. The average Bonchev–Trinajstić information content (AvgIpc) is 3.33. The second kappa shape index (κ2) is 54.3. The summed E-state index contributed by atoms with van der Waals surface area (Å²) in [6.07, 6.45) is 66.2. The summed E-state index contributed by atoms with van der Waals surface area (Å²) in [5.74, 6) is -0.135. The van der Waals surface area contributed by atoms with Gasteiger partial charge in [0.05, 0.1) is 39.9 Å². The lowest BCUT2D eigenvalue weighted by Gasteiger charge is -2.26. The van der Waals surface area contributed by atoms with Crippen LogP contribution in [0.5, 0.6) is 0 Å². The highest BCUT2D eigenvalue weighted by molar-refractivity contribution is 7.47. The SMILES string of the molecule is CCCCCCCCCCCCCCCCCCCCCCCCCCCCCCCCCCC(=O)N[C@@H](COP(=O)(O)OCC[N+](C)(C)C)[C@H](O)CCCCCCCCCCCCCCCCCCC. The monoisotopic (exact) mass is 1030 g/mol. The van der Waals surface area contributed by atoms with Crippen LogP contribution in [0.1, 0.15) is 341 Å². The van der Waals surface area contributed by atoms with E-state index in [9.17, 15) is 19.4 Å². The molecule has 8 nitrogen and oxygen atoms in total. The van der Waals surface area contributed by atoms with E-state index in [0.717, 1.165) is 38.5 Å². The number of rotatable bonds is 60. The Morgan fingerprint density at radius 1 is 0.423 bits per heavy atom. The number of carbonyl (C=O) groups excluding carboxylic acids is 1. The van der Waals surface area contributed by atoms with Crippen LogP contribution in [0.25, 0.3) is 0 Å². The first kappa shape index (κ1) is 70.5. The van der Waals surface area contributed by atoms with E-state index >= 15 is 0 Å². The first-order valence-corrected chi connectivity index (χ1v) is 33.4. The lowest BCUT2D eigenvalue weighted by Crippen LogP contribution is -2.46. The van der Waals surface area contributed by atoms with Crippen LogP contribution in [0.4, 0.5) is 0 Å². The quantitative estimate of drug-likeness (QED) is 0.0318. The van der Waals surface area contributed by atoms with Gasteiger partial charge in [0.25, 0.3) is 0 Å². The van der Waals surface area contributed by atoms with Crippen LogP contribution >= 0.6 is 7.82 Å². The molecule has 0 radical (unpaired) electrons. The molecule has 0 heterocycles. The van der Waals surface area contributed by atoms with Crippen molar-refractivity contribution < 1.29 is 32.9 Å². The van der Waals surface area contributed by atoms with E-state index in [4.69, 9.17) is 9.05 Å². The molecule has 0 saturated carbocycles. The molecule has 1 amide bonds. The Labute approximate surface area is 444 Å². The number of nitrogens with one attached hydrogen (secondary N) is 1. The first-order valence-electron chi connectivity index (χ1n) is 31.9. The number of carbonyl (C=O) groups is 1. The topological polar surface area (TPSA) is 105 Å². The predicted octanol–water partition coefficient (Wildman–Crippen LogP) is 19.6. The first-order chi connectivity index (χ1) is 34.5. The van der Waals surface area contributed by atoms with E-state index < -0.39 is 20.0 Å². The summed E-state index contributed by atoms with van der Waals surface area (Å²) in [6.45, 7) is 4.95. The smallest absolute Gasteiger partial charge is 0.391 e. The molecule has 0 aliphatic carbocycles. The van der Waals surface area contributed by atoms with Crippen molar-refractivity contribution in [3.05, 3.63) is 0 Å². The third-order valence-corrected chi connectivity index (χ3v) is 16.1. The zero-order valence-electron chi connectivity index (χ0n) is 48.8. The highest BCUT2D eigenvalue weighted by Crippen LogP contribution is 2.43. The summed E-state index contributed by atoms with van der Waals surface area (Å²) in [6, 6.07) is -0.755. The van der Waals surface area contributed by atoms with Gasteiger partial charge in [-0.15, -0.1) is 0 Å². The Bertz CT molecular complexity index is 1120. The van der Waals surface area contributed by atoms with Crippen molar-refractivity contribution in [3.8, 4) is 0 Å². The molecule has 0 aromatic carbocycles. The number of amides is 1. The average molecular weight is 1030 g/mol. The minimum absolute atomic E-state index is 0.0792. The number of nitrogens with zero attached hydrogens (tertiary/aromatic N) is 1. The molecule has 0 rings (SSSR count). The van der Waals surface area contributed by atoms with Crippen LogP contribution in [0, 0.1) is 0 Å². The molecule has 0 aromatic rings. The van der Waals surface area contributed by atoms with Gasteiger partial charge < -0.3 is 19.8 Å². The van der Waals surface area contributed by atoms with E-state index in [1.54, 1.807) is 0 Å². The van der Waals surface area contributed by atoms with E-state index in [0.29, 0.717) is 23.9 Å². The molecule has 0 aliphatic rings. The Morgan fingerprint density at radius 3 is 0.944 bits per heavy atom. The molecule has 9 heteroatoms. The van der Waals surface area contributed by atoms with Crippen molar-refractivity contribution >= 4 is 13.7 Å². The number of phosphoric acid groups is 1. The van der Waals surface area contributed by atoms with Crippen LogP contribution in [-0.2, 0) is 18.4 Å². The van der Waals surface area contributed by atoms with Crippen molar-refractivity contribution in [2.75, 3.05) is 40.9 Å². The fourth-order valence-electron chi connectivity index (χ4n) is 10.1. The number of quaternary nitrogens is 1. The second-order valence-corrected chi connectivity index (χ2v) is 25.0. The van der Waals surface area contributed by atoms with Crippen LogP contribution < -0.4 is 5.32 Å². The number of aliphatic hydroxyl groups is 1.